The van der Waals surface area contributed by atoms with Crippen LogP contribution >= 0.6 is 23.2 Å². The normalized spacial score (nSPS) is 25.7. The van der Waals surface area contributed by atoms with Crippen LogP contribution in [0, 0.1) is 0 Å². The molecule has 0 bridgehead atoms. The molecule has 0 aliphatic carbocycles. The summed E-state index contributed by atoms with van der Waals surface area (Å²) in [6, 6.07) is 5.78. The standard InChI is InChI=1S/C11H13Cl2NO4S2/c12-9-4-2-1-3-8(9)5-20(17,18)14-11-7-19(15,16)6-10(11)13/h1-4,10-11,14H,5-7H2. The summed E-state index contributed by atoms with van der Waals surface area (Å²) < 4.78 is 49.2. The van der Waals surface area contributed by atoms with Gasteiger partial charge in [0.05, 0.1) is 28.7 Å². The van der Waals surface area contributed by atoms with E-state index in [2.05, 4.69) is 4.72 Å². The number of hydrogen-bond donors (Lipinski definition) is 1. The third kappa shape index (κ3) is 4.08. The molecule has 0 saturated carbocycles. The molecule has 0 radical (unpaired) electrons. The van der Waals surface area contributed by atoms with Crippen molar-refractivity contribution >= 4 is 43.1 Å². The van der Waals surface area contributed by atoms with Gasteiger partial charge in [0, 0.05) is 5.02 Å². The Morgan fingerprint density at radius 1 is 1.25 bits per heavy atom. The molecule has 1 fully saturated rings. The Morgan fingerprint density at radius 2 is 1.90 bits per heavy atom. The predicted octanol–water partition coefficient (Wildman–Crippen LogP) is 1.16. The van der Waals surface area contributed by atoms with Crippen molar-refractivity contribution in [3.05, 3.63) is 34.9 Å². The molecule has 20 heavy (non-hydrogen) atoms. The highest BCUT2D eigenvalue weighted by Crippen LogP contribution is 2.21. The van der Waals surface area contributed by atoms with Crippen LogP contribution in [0.5, 0.6) is 0 Å². The van der Waals surface area contributed by atoms with Gasteiger partial charge >= 0.3 is 0 Å². The number of sulfone groups is 1. The molecule has 0 amide bonds. The highest BCUT2D eigenvalue weighted by molar-refractivity contribution is 7.92. The van der Waals surface area contributed by atoms with E-state index >= 15 is 0 Å². The van der Waals surface area contributed by atoms with Crippen LogP contribution < -0.4 is 4.72 Å². The van der Waals surface area contributed by atoms with Crippen LogP contribution in [-0.4, -0.2) is 39.8 Å². The number of sulfonamides is 1. The molecule has 2 rings (SSSR count). The van der Waals surface area contributed by atoms with Gasteiger partial charge in [-0.2, -0.15) is 0 Å². The molecule has 0 aromatic heterocycles. The van der Waals surface area contributed by atoms with Crippen molar-refractivity contribution < 1.29 is 16.8 Å². The molecule has 2 unspecified atom stereocenters. The SMILES string of the molecule is O=S1(=O)CC(Cl)C(NS(=O)(=O)Cc2ccccc2Cl)C1. The summed E-state index contributed by atoms with van der Waals surface area (Å²) in [6.45, 7) is 0. The third-order valence-corrected chi connectivity index (χ3v) is 7.01. The van der Waals surface area contributed by atoms with E-state index in [1.807, 2.05) is 0 Å². The Balaban J connectivity index is 2.11. The molecular formula is C11H13Cl2NO4S2. The van der Waals surface area contributed by atoms with Crippen molar-refractivity contribution in [3.63, 3.8) is 0 Å². The zero-order valence-corrected chi connectivity index (χ0v) is 13.4. The first-order valence-corrected chi connectivity index (χ1v) is 10.1. The first kappa shape index (κ1) is 16.0. The number of rotatable bonds is 4. The van der Waals surface area contributed by atoms with Gasteiger partial charge in [-0.25, -0.2) is 21.6 Å². The minimum atomic E-state index is -3.71. The second-order valence-corrected chi connectivity index (χ2v) is 9.54. The van der Waals surface area contributed by atoms with Crippen molar-refractivity contribution in [3.8, 4) is 0 Å². The summed E-state index contributed by atoms with van der Waals surface area (Å²) in [5.74, 6) is -0.802. The molecule has 9 heteroatoms. The summed E-state index contributed by atoms with van der Waals surface area (Å²) in [6.07, 6.45) is 0. The van der Waals surface area contributed by atoms with Gasteiger partial charge in [0.1, 0.15) is 0 Å². The molecule has 2 atom stereocenters. The average Bonchev–Trinajstić information content (AvgIpc) is 2.54. The van der Waals surface area contributed by atoms with Gasteiger partial charge in [-0.15, -0.1) is 11.6 Å². The maximum atomic E-state index is 12.0. The van der Waals surface area contributed by atoms with Crippen LogP contribution in [-0.2, 0) is 25.6 Å². The summed E-state index contributed by atoms with van der Waals surface area (Å²) >= 11 is 11.8. The van der Waals surface area contributed by atoms with Gasteiger partial charge in [0.25, 0.3) is 0 Å². The van der Waals surface area contributed by atoms with Gasteiger partial charge in [0.2, 0.25) is 10.0 Å². The molecular weight excluding hydrogens is 345 g/mol. The second-order valence-electron chi connectivity index (χ2n) is 4.67. The smallest absolute Gasteiger partial charge is 0.216 e. The minimum absolute atomic E-state index is 0.214. The highest BCUT2D eigenvalue weighted by atomic mass is 35.5. The molecule has 1 saturated heterocycles. The van der Waals surface area contributed by atoms with Crippen molar-refractivity contribution in [2.24, 2.45) is 0 Å². The maximum absolute atomic E-state index is 12.0. The number of benzene rings is 1. The molecule has 5 nitrogen and oxygen atoms in total. The molecule has 1 aromatic rings. The lowest BCUT2D eigenvalue weighted by molar-refractivity contribution is 0.562. The van der Waals surface area contributed by atoms with E-state index < -0.39 is 31.3 Å². The molecule has 1 aliphatic rings. The summed E-state index contributed by atoms with van der Waals surface area (Å²) in [5, 5.41) is -0.402. The third-order valence-electron chi connectivity index (χ3n) is 2.92. The van der Waals surface area contributed by atoms with Crippen LogP contribution in [0.2, 0.25) is 5.02 Å². The van der Waals surface area contributed by atoms with E-state index in [0.717, 1.165) is 0 Å². The van der Waals surface area contributed by atoms with Crippen molar-refractivity contribution in [1.82, 2.24) is 4.72 Å². The molecule has 112 valence electrons. The Kier molecular flexibility index (Phi) is 4.66. The van der Waals surface area contributed by atoms with E-state index in [1.54, 1.807) is 24.3 Å². The molecule has 1 aromatic carbocycles. The fourth-order valence-corrected chi connectivity index (χ4v) is 6.47. The molecule has 1 heterocycles. The minimum Gasteiger partial charge on any atom is -0.229 e. The van der Waals surface area contributed by atoms with E-state index in [4.69, 9.17) is 23.2 Å². The zero-order chi connectivity index (χ0) is 15.0. The lowest BCUT2D eigenvalue weighted by Gasteiger charge is -2.15. The highest BCUT2D eigenvalue weighted by Gasteiger charge is 2.38. The van der Waals surface area contributed by atoms with E-state index in [-0.39, 0.29) is 17.3 Å². The lowest BCUT2D eigenvalue weighted by Crippen LogP contribution is -2.41. The van der Waals surface area contributed by atoms with Gasteiger partial charge < -0.3 is 0 Å². The fraction of sp³-hybridized carbons (Fsp3) is 0.455. The van der Waals surface area contributed by atoms with Crippen LogP contribution in [0.25, 0.3) is 0 Å². The Bertz CT molecular complexity index is 703. The van der Waals surface area contributed by atoms with Gasteiger partial charge in [-0.3, -0.25) is 0 Å². The molecule has 1 aliphatic heterocycles. The lowest BCUT2D eigenvalue weighted by atomic mass is 10.2. The van der Waals surface area contributed by atoms with E-state index in [9.17, 15) is 16.8 Å². The summed E-state index contributed by atoms with van der Waals surface area (Å²) in [5.41, 5.74) is 0.452. The molecule has 0 spiro atoms. The summed E-state index contributed by atoms with van der Waals surface area (Å²) in [7, 11) is -6.99. The van der Waals surface area contributed by atoms with Crippen molar-refractivity contribution in [2.75, 3.05) is 11.5 Å². The quantitative estimate of drug-likeness (QED) is 0.820. The van der Waals surface area contributed by atoms with E-state index in [1.165, 1.54) is 0 Å². The first-order valence-electron chi connectivity index (χ1n) is 5.76. The van der Waals surface area contributed by atoms with Crippen molar-refractivity contribution in [2.45, 2.75) is 17.2 Å². The van der Waals surface area contributed by atoms with Crippen molar-refractivity contribution in [1.29, 1.82) is 0 Å². The van der Waals surface area contributed by atoms with Crippen LogP contribution in [0.3, 0.4) is 0 Å². The fourth-order valence-electron chi connectivity index (χ4n) is 2.01. The van der Waals surface area contributed by atoms with Crippen LogP contribution in [0.15, 0.2) is 24.3 Å². The predicted molar refractivity (Wildman–Crippen MR) is 79.3 cm³/mol. The Labute approximate surface area is 128 Å². The first-order chi connectivity index (χ1) is 9.19. The number of hydrogen-bond acceptors (Lipinski definition) is 4. The van der Waals surface area contributed by atoms with Gasteiger partial charge in [-0.1, -0.05) is 29.8 Å². The Hall–Kier alpha value is -0.340. The van der Waals surface area contributed by atoms with Crippen LogP contribution in [0.4, 0.5) is 0 Å². The van der Waals surface area contributed by atoms with Crippen LogP contribution in [0.1, 0.15) is 5.56 Å². The average molecular weight is 358 g/mol. The zero-order valence-electron chi connectivity index (χ0n) is 10.3. The number of alkyl halides is 1. The van der Waals surface area contributed by atoms with E-state index in [0.29, 0.717) is 10.6 Å². The summed E-state index contributed by atoms with van der Waals surface area (Å²) in [4.78, 5) is 0. The van der Waals surface area contributed by atoms with Gasteiger partial charge in [-0.05, 0) is 11.6 Å². The number of halogens is 2. The monoisotopic (exact) mass is 357 g/mol. The largest absolute Gasteiger partial charge is 0.229 e. The topological polar surface area (TPSA) is 80.3 Å². The maximum Gasteiger partial charge on any atom is 0.216 e. The Morgan fingerprint density at radius 3 is 2.45 bits per heavy atom. The molecule has 1 N–H and O–H groups in total. The van der Waals surface area contributed by atoms with Gasteiger partial charge in [0.15, 0.2) is 9.84 Å². The second kappa shape index (κ2) is 5.81. The number of nitrogens with one attached hydrogen (secondary N) is 1.